The maximum Gasteiger partial charge on any atom is 0.255 e. The van der Waals surface area contributed by atoms with Crippen molar-refractivity contribution < 1.29 is 26.4 Å². The number of hydrogen-bond donors (Lipinski definition) is 1. The monoisotopic (exact) mass is 443 g/mol. The quantitative estimate of drug-likeness (QED) is 0.761. The molecule has 0 aliphatic carbocycles. The second kappa shape index (κ2) is 7.73. The molecule has 2 aromatic rings. The van der Waals surface area contributed by atoms with Gasteiger partial charge in [0.05, 0.1) is 34.4 Å². The van der Waals surface area contributed by atoms with Gasteiger partial charge in [0, 0.05) is 10.6 Å². The van der Waals surface area contributed by atoms with E-state index in [0.29, 0.717) is 16.5 Å². The summed E-state index contributed by atoms with van der Waals surface area (Å²) in [6, 6.07) is 10.2. The highest BCUT2D eigenvalue weighted by Gasteiger charge is 2.38. The van der Waals surface area contributed by atoms with E-state index in [1.54, 1.807) is 12.1 Å². The van der Waals surface area contributed by atoms with Crippen LogP contribution in [0.4, 0.5) is 5.69 Å². The Balaban J connectivity index is 1.79. The predicted molar refractivity (Wildman–Crippen MR) is 107 cm³/mol. The minimum absolute atomic E-state index is 0.00788. The normalized spacial score (nSPS) is 18.6. The minimum atomic E-state index is -3.78. The lowest BCUT2D eigenvalue weighted by atomic mass is 10.2. The first-order valence-corrected chi connectivity index (χ1v) is 12.1. The van der Waals surface area contributed by atoms with Crippen LogP contribution in [0.1, 0.15) is 16.8 Å². The van der Waals surface area contributed by atoms with Gasteiger partial charge in [0.15, 0.2) is 19.7 Å². The SMILES string of the molecule is COc1ccc(Cl)cc1NC(=O)c1ccc(S(=O)(=O)C2CCS(=O)(=O)C2)cc1. The summed E-state index contributed by atoms with van der Waals surface area (Å²) in [5.74, 6) is -0.530. The number of hydrogen-bond acceptors (Lipinski definition) is 6. The number of carbonyl (C=O) groups excluding carboxylic acids is 1. The molecule has 1 unspecified atom stereocenters. The summed E-state index contributed by atoms with van der Waals surface area (Å²) < 4.78 is 53.6. The second-order valence-corrected chi connectivity index (χ2v) is 11.3. The number of benzene rings is 2. The third-order valence-electron chi connectivity index (χ3n) is 4.48. The van der Waals surface area contributed by atoms with Gasteiger partial charge < -0.3 is 10.1 Å². The van der Waals surface area contributed by atoms with Crippen LogP contribution >= 0.6 is 11.6 Å². The summed E-state index contributed by atoms with van der Waals surface area (Å²) in [5.41, 5.74) is 0.618. The Morgan fingerprint density at radius 3 is 2.43 bits per heavy atom. The first kappa shape index (κ1) is 20.6. The van der Waals surface area contributed by atoms with Crippen LogP contribution < -0.4 is 10.1 Å². The number of sulfone groups is 2. The summed E-state index contributed by atoms with van der Waals surface area (Å²) in [4.78, 5) is 12.4. The van der Waals surface area contributed by atoms with Gasteiger partial charge in [-0.25, -0.2) is 16.8 Å². The highest BCUT2D eigenvalue weighted by atomic mass is 35.5. The largest absolute Gasteiger partial charge is 0.495 e. The number of halogens is 1. The number of amides is 1. The topological polar surface area (TPSA) is 107 Å². The van der Waals surface area contributed by atoms with Crippen molar-refractivity contribution in [3.05, 3.63) is 53.1 Å². The molecular weight excluding hydrogens is 426 g/mol. The summed E-state index contributed by atoms with van der Waals surface area (Å²) in [6.07, 6.45) is 0.0848. The molecule has 0 radical (unpaired) electrons. The summed E-state index contributed by atoms with van der Waals surface area (Å²) in [5, 5.41) is 2.13. The molecule has 1 heterocycles. The highest BCUT2D eigenvalue weighted by Crippen LogP contribution is 2.29. The van der Waals surface area contributed by atoms with Gasteiger partial charge in [-0.15, -0.1) is 0 Å². The van der Waals surface area contributed by atoms with E-state index in [2.05, 4.69) is 5.32 Å². The van der Waals surface area contributed by atoms with Crippen molar-refractivity contribution >= 4 is 42.9 Å². The Morgan fingerprint density at radius 1 is 1.18 bits per heavy atom. The molecule has 0 bridgehead atoms. The zero-order chi connectivity index (χ0) is 20.5. The van der Waals surface area contributed by atoms with Gasteiger partial charge >= 0.3 is 0 Å². The lowest BCUT2D eigenvalue weighted by molar-refractivity contribution is 0.102. The van der Waals surface area contributed by atoms with Crippen LogP contribution in [0.3, 0.4) is 0 Å². The molecule has 1 N–H and O–H groups in total. The summed E-state index contributed by atoms with van der Waals surface area (Å²) >= 11 is 5.94. The minimum Gasteiger partial charge on any atom is -0.495 e. The van der Waals surface area contributed by atoms with E-state index in [-0.39, 0.29) is 28.4 Å². The summed E-state index contributed by atoms with van der Waals surface area (Å²) in [7, 11) is -5.63. The molecule has 7 nitrogen and oxygen atoms in total. The average Bonchev–Trinajstić information content (AvgIpc) is 3.02. The zero-order valence-corrected chi connectivity index (χ0v) is 17.3. The zero-order valence-electron chi connectivity index (χ0n) is 14.9. The van der Waals surface area contributed by atoms with E-state index >= 15 is 0 Å². The van der Waals surface area contributed by atoms with Crippen LogP contribution in [0, 0.1) is 0 Å². The molecule has 1 amide bonds. The first-order chi connectivity index (χ1) is 13.1. The molecule has 2 aromatic carbocycles. The molecule has 1 atom stereocenters. The van der Waals surface area contributed by atoms with Gasteiger partial charge in [0.1, 0.15) is 5.75 Å². The van der Waals surface area contributed by atoms with E-state index in [0.717, 1.165) is 0 Å². The van der Waals surface area contributed by atoms with Crippen LogP contribution in [0.5, 0.6) is 5.75 Å². The van der Waals surface area contributed by atoms with Gasteiger partial charge in [-0.3, -0.25) is 4.79 Å². The van der Waals surface area contributed by atoms with Crippen LogP contribution in [0.2, 0.25) is 5.02 Å². The fourth-order valence-corrected chi connectivity index (χ4v) is 7.50. The van der Waals surface area contributed by atoms with Crippen molar-refractivity contribution in [1.82, 2.24) is 0 Å². The maximum absolute atomic E-state index is 12.6. The highest BCUT2D eigenvalue weighted by molar-refractivity contribution is 7.96. The van der Waals surface area contributed by atoms with E-state index in [1.165, 1.54) is 37.4 Å². The lowest BCUT2D eigenvalue weighted by Crippen LogP contribution is -2.23. The van der Waals surface area contributed by atoms with Gasteiger partial charge in [0.25, 0.3) is 5.91 Å². The van der Waals surface area contributed by atoms with E-state index < -0.39 is 30.8 Å². The van der Waals surface area contributed by atoms with E-state index in [9.17, 15) is 21.6 Å². The van der Waals surface area contributed by atoms with Crippen molar-refractivity contribution in [3.8, 4) is 5.75 Å². The van der Waals surface area contributed by atoms with Crippen LogP contribution in [0.15, 0.2) is 47.4 Å². The average molecular weight is 444 g/mol. The maximum atomic E-state index is 12.6. The Morgan fingerprint density at radius 2 is 1.86 bits per heavy atom. The number of ether oxygens (including phenoxy) is 1. The molecule has 0 saturated carbocycles. The van der Waals surface area contributed by atoms with Crippen molar-refractivity contribution in [2.75, 3.05) is 23.9 Å². The number of nitrogens with one attached hydrogen (secondary N) is 1. The Kier molecular flexibility index (Phi) is 5.69. The standard InChI is InChI=1S/C18H18ClNO6S2/c1-26-17-7-4-13(19)10-16(17)20-18(21)12-2-5-14(6-3-12)28(24,25)15-8-9-27(22,23)11-15/h2-7,10,15H,8-9,11H2,1H3,(H,20,21). The first-order valence-electron chi connectivity index (χ1n) is 8.32. The van der Waals surface area contributed by atoms with Gasteiger partial charge in [-0.1, -0.05) is 11.6 Å². The van der Waals surface area contributed by atoms with Gasteiger partial charge in [0.2, 0.25) is 0 Å². The molecule has 1 fully saturated rings. The molecule has 3 rings (SSSR count). The van der Waals surface area contributed by atoms with E-state index in [4.69, 9.17) is 16.3 Å². The molecular formula is C18H18ClNO6S2. The number of rotatable bonds is 5. The third-order valence-corrected chi connectivity index (χ3v) is 8.91. The Labute approximate surface area is 168 Å². The smallest absolute Gasteiger partial charge is 0.255 e. The van der Waals surface area contributed by atoms with Crippen molar-refractivity contribution in [2.24, 2.45) is 0 Å². The second-order valence-electron chi connectivity index (χ2n) is 6.39. The van der Waals surface area contributed by atoms with Crippen molar-refractivity contribution in [3.63, 3.8) is 0 Å². The molecule has 0 aromatic heterocycles. The van der Waals surface area contributed by atoms with Crippen molar-refractivity contribution in [2.45, 2.75) is 16.6 Å². The molecule has 0 spiro atoms. The predicted octanol–water partition coefficient (Wildman–Crippen LogP) is 2.56. The van der Waals surface area contributed by atoms with E-state index in [1.807, 2.05) is 0 Å². The molecule has 1 saturated heterocycles. The van der Waals surface area contributed by atoms with Crippen molar-refractivity contribution in [1.29, 1.82) is 0 Å². The number of carbonyl (C=O) groups is 1. The fraction of sp³-hybridized carbons (Fsp3) is 0.278. The lowest BCUT2D eigenvalue weighted by Gasteiger charge is -2.12. The molecule has 28 heavy (non-hydrogen) atoms. The molecule has 150 valence electrons. The Bertz CT molecular complexity index is 1110. The number of anilines is 1. The summed E-state index contributed by atoms with van der Waals surface area (Å²) in [6.45, 7) is 0. The molecule has 10 heteroatoms. The molecule has 1 aliphatic heterocycles. The van der Waals surface area contributed by atoms with Crippen LogP contribution in [0.25, 0.3) is 0 Å². The third kappa shape index (κ3) is 4.31. The fourth-order valence-electron chi connectivity index (χ4n) is 2.97. The Hall–Kier alpha value is -2.10. The van der Waals surface area contributed by atoms with Gasteiger partial charge in [-0.2, -0.15) is 0 Å². The van der Waals surface area contributed by atoms with Gasteiger partial charge in [-0.05, 0) is 48.9 Å². The van der Waals surface area contributed by atoms with Crippen LogP contribution in [-0.2, 0) is 19.7 Å². The number of methoxy groups -OCH3 is 1. The van der Waals surface area contributed by atoms with Crippen LogP contribution in [-0.4, -0.2) is 46.6 Å². The molecule has 1 aliphatic rings.